The standard InChI is InChI=1S/C26H31F2N3O4/c1-6-17-14-22(32)31(15-16-7-10-19(11-8-16)29-24(33)26(2,3)4)30-23(17)18-9-12-20(35-25(27)28)21(13-18)34-5/h7-13,17,25H,6,14-15H2,1-5H3,(H,29,33). The average molecular weight is 488 g/mol. The number of alkyl halides is 2. The van der Waals surface area contributed by atoms with Gasteiger partial charge in [-0.3, -0.25) is 9.59 Å². The van der Waals surface area contributed by atoms with E-state index in [9.17, 15) is 18.4 Å². The number of methoxy groups -OCH3 is 1. The van der Waals surface area contributed by atoms with Gasteiger partial charge in [-0.1, -0.05) is 39.8 Å². The first kappa shape index (κ1) is 26.1. The number of ether oxygens (including phenoxy) is 2. The number of amides is 2. The summed E-state index contributed by atoms with van der Waals surface area (Å²) < 4.78 is 35.1. The van der Waals surface area contributed by atoms with Crippen molar-refractivity contribution in [1.29, 1.82) is 0 Å². The SMILES string of the molecule is CCC1CC(=O)N(Cc2ccc(NC(=O)C(C)(C)C)cc2)N=C1c1ccc(OC(F)F)c(OC)c1. The first-order valence-corrected chi connectivity index (χ1v) is 11.4. The number of carbonyl (C=O) groups is 2. The van der Waals surface area contributed by atoms with Crippen LogP contribution in [0, 0.1) is 11.3 Å². The molecule has 1 aliphatic rings. The smallest absolute Gasteiger partial charge is 0.387 e. The monoisotopic (exact) mass is 487 g/mol. The number of rotatable bonds is 8. The molecule has 0 radical (unpaired) electrons. The van der Waals surface area contributed by atoms with Crippen molar-refractivity contribution in [3.63, 3.8) is 0 Å². The Labute approximate surface area is 204 Å². The Bertz CT molecular complexity index is 1090. The average Bonchev–Trinajstić information content (AvgIpc) is 2.80. The summed E-state index contributed by atoms with van der Waals surface area (Å²) in [5.41, 5.74) is 2.37. The Morgan fingerprint density at radius 1 is 1.17 bits per heavy atom. The molecular weight excluding hydrogens is 456 g/mol. The van der Waals surface area contributed by atoms with E-state index in [1.165, 1.54) is 18.2 Å². The topological polar surface area (TPSA) is 80.2 Å². The minimum absolute atomic E-state index is 0.0673. The van der Waals surface area contributed by atoms with Gasteiger partial charge >= 0.3 is 6.61 Å². The third-order valence-electron chi connectivity index (χ3n) is 5.72. The van der Waals surface area contributed by atoms with Crippen molar-refractivity contribution < 1.29 is 27.8 Å². The highest BCUT2D eigenvalue weighted by atomic mass is 19.3. The molecule has 0 saturated carbocycles. The van der Waals surface area contributed by atoms with Gasteiger partial charge in [0, 0.05) is 29.0 Å². The molecule has 1 atom stereocenters. The number of anilines is 1. The molecule has 0 bridgehead atoms. The molecule has 0 saturated heterocycles. The molecule has 0 fully saturated rings. The van der Waals surface area contributed by atoms with Crippen molar-refractivity contribution in [3.8, 4) is 11.5 Å². The Morgan fingerprint density at radius 3 is 2.43 bits per heavy atom. The summed E-state index contributed by atoms with van der Waals surface area (Å²) in [7, 11) is 1.38. The van der Waals surface area contributed by atoms with Crippen molar-refractivity contribution in [2.24, 2.45) is 16.4 Å². The lowest BCUT2D eigenvalue weighted by atomic mass is 9.89. The van der Waals surface area contributed by atoms with Gasteiger partial charge in [0.1, 0.15) is 0 Å². The first-order valence-electron chi connectivity index (χ1n) is 11.4. The van der Waals surface area contributed by atoms with E-state index in [2.05, 4.69) is 15.2 Å². The Balaban J connectivity index is 1.83. The normalized spacial score (nSPS) is 16.2. The third kappa shape index (κ3) is 6.55. The second-order valence-corrected chi connectivity index (χ2v) is 9.39. The fourth-order valence-electron chi connectivity index (χ4n) is 3.64. The van der Waals surface area contributed by atoms with Crippen molar-refractivity contribution in [1.82, 2.24) is 5.01 Å². The summed E-state index contributed by atoms with van der Waals surface area (Å²) in [6.07, 6.45) is 0.977. The molecule has 9 heteroatoms. The highest BCUT2D eigenvalue weighted by Gasteiger charge is 2.30. The number of hydrogen-bond acceptors (Lipinski definition) is 5. The van der Waals surface area contributed by atoms with Crippen LogP contribution in [0.2, 0.25) is 0 Å². The van der Waals surface area contributed by atoms with Gasteiger partial charge in [0.15, 0.2) is 11.5 Å². The van der Waals surface area contributed by atoms with Gasteiger partial charge in [-0.15, -0.1) is 0 Å². The van der Waals surface area contributed by atoms with Crippen molar-refractivity contribution in [3.05, 3.63) is 53.6 Å². The van der Waals surface area contributed by atoms with Gasteiger partial charge in [-0.05, 0) is 42.3 Å². The summed E-state index contributed by atoms with van der Waals surface area (Å²) in [5.74, 6) is -0.202. The van der Waals surface area contributed by atoms with E-state index in [0.29, 0.717) is 23.4 Å². The lowest BCUT2D eigenvalue weighted by molar-refractivity contribution is -0.133. The van der Waals surface area contributed by atoms with E-state index in [-0.39, 0.29) is 42.2 Å². The maximum Gasteiger partial charge on any atom is 0.387 e. The lowest BCUT2D eigenvalue weighted by Gasteiger charge is -2.29. The zero-order valence-corrected chi connectivity index (χ0v) is 20.6. The number of hydrazone groups is 1. The zero-order chi connectivity index (χ0) is 25.8. The fourth-order valence-corrected chi connectivity index (χ4v) is 3.64. The van der Waals surface area contributed by atoms with Crippen molar-refractivity contribution in [2.75, 3.05) is 12.4 Å². The second kappa shape index (κ2) is 10.8. The maximum absolute atomic E-state index is 12.8. The predicted molar refractivity (Wildman–Crippen MR) is 130 cm³/mol. The number of nitrogens with one attached hydrogen (secondary N) is 1. The van der Waals surface area contributed by atoms with Gasteiger partial charge < -0.3 is 14.8 Å². The second-order valence-electron chi connectivity index (χ2n) is 9.39. The summed E-state index contributed by atoms with van der Waals surface area (Å²) in [6, 6.07) is 11.9. The van der Waals surface area contributed by atoms with E-state index >= 15 is 0 Å². The molecule has 1 aliphatic heterocycles. The van der Waals surface area contributed by atoms with Gasteiger partial charge in [0.25, 0.3) is 0 Å². The summed E-state index contributed by atoms with van der Waals surface area (Å²) in [6.45, 7) is 4.79. The molecule has 3 rings (SSSR count). The van der Waals surface area contributed by atoms with Gasteiger partial charge in [0.2, 0.25) is 11.8 Å². The van der Waals surface area contributed by atoms with Gasteiger partial charge in [0.05, 0.1) is 19.4 Å². The maximum atomic E-state index is 12.8. The van der Waals surface area contributed by atoms with Crippen LogP contribution in [0.3, 0.4) is 0 Å². The fraction of sp³-hybridized carbons (Fsp3) is 0.423. The molecule has 2 amide bonds. The number of carbonyl (C=O) groups excluding carboxylic acids is 2. The van der Waals surface area contributed by atoms with Crippen LogP contribution < -0.4 is 14.8 Å². The molecule has 2 aromatic carbocycles. The summed E-state index contributed by atoms with van der Waals surface area (Å²) >= 11 is 0. The zero-order valence-electron chi connectivity index (χ0n) is 20.6. The van der Waals surface area contributed by atoms with E-state index in [4.69, 9.17) is 4.74 Å². The number of hydrogen-bond donors (Lipinski definition) is 1. The first-order chi connectivity index (χ1) is 16.5. The largest absolute Gasteiger partial charge is 0.493 e. The molecule has 7 nitrogen and oxygen atoms in total. The number of benzene rings is 2. The molecule has 0 spiro atoms. The Hall–Kier alpha value is -3.49. The van der Waals surface area contributed by atoms with Crippen LogP contribution in [-0.2, 0) is 16.1 Å². The van der Waals surface area contributed by atoms with Gasteiger partial charge in [-0.2, -0.15) is 13.9 Å². The predicted octanol–water partition coefficient (Wildman–Crippen LogP) is 5.44. The minimum Gasteiger partial charge on any atom is -0.493 e. The summed E-state index contributed by atoms with van der Waals surface area (Å²) in [5, 5.41) is 8.93. The van der Waals surface area contributed by atoms with Crippen LogP contribution in [0.1, 0.15) is 51.7 Å². The van der Waals surface area contributed by atoms with Crippen LogP contribution >= 0.6 is 0 Å². The quantitative estimate of drug-likeness (QED) is 0.537. The summed E-state index contributed by atoms with van der Waals surface area (Å²) in [4.78, 5) is 25.0. The van der Waals surface area contributed by atoms with Crippen LogP contribution in [-0.4, -0.2) is 36.3 Å². The highest BCUT2D eigenvalue weighted by molar-refractivity contribution is 6.06. The van der Waals surface area contributed by atoms with Crippen molar-refractivity contribution in [2.45, 2.75) is 53.7 Å². The van der Waals surface area contributed by atoms with Crippen LogP contribution in [0.25, 0.3) is 0 Å². The lowest BCUT2D eigenvalue weighted by Crippen LogP contribution is -2.36. The van der Waals surface area contributed by atoms with Crippen LogP contribution in [0.5, 0.6) is 11.5 Å². The highest BCUT2D eigenvalue weighted by Crippen LogP contribution is 2.33. The molecule has 2 aromatic rings. The Kier molecular flexibility index (Phi) is 8.09. The van der Waals surface area contributed by atoms with E-state index in [0.717, 1.165) is 5.56 Å². The molecule has 0 aliphatic carbocycles. The van der Waals surface area contributed by atoms with Gasteiger partial charge in [-0.25, -0.2) is 5.01 Å². The third-order valence-corrected chi connectivity index (χ3v) is 5.72. The number of nitrogens with zero attached hydrogens (tertiary/aromatic N) is 2. The van der Waals surface area contributed by atoms with E-state index in [1.807, 2.05) is 39.8 Å². The Morgan fingerprint density at radius 2 is 1.86 bits per heavy atom. The molecule has 1 unspecified atom stereocenters. The molecule has 0 aromatic heterocycles. The van der Waals surface area contributed by atoms with Crippen LogP contribution in [0.15, 0.2) is 47.6 Å². The number of halogens is 2. The molecule has 35 heavy (non-hydrogen) atoms. The van der Waals surface area contributed by atoms with Crippen LogP contribution in [0.4, 0.5) is 14.5 Å². The van der Waals surface area contributed by atoms with E-state index in [1.54, 1.807) is 24.3 Å². The van der Waals surface area contributed by atoms with Crippen molar-refractivity contribution >= 4 is 23.2 Å². The molecule has 188 valence electrons. The molecular formula is C26H31F2N3O4. The van der Waals surface area contributed by atoms with E-state index < -0.39 is 12.0 Å². The molecule has 1 N–H and O–H groups in total. The molecule has 1 heterocycles. The minimum atomic E-state index is -2.97.